The van der Waals surface area contributed by atoms with Gasteiger partial charge in [-0.25, -0.2) is 8.78 Å². The summed E-state index contributed by atoms with van der Waals surface area (Å²) in [6, 6.07) is 7.34. The minimum atomic E-state index is -0.843. The summed E-state index contributed by atoms with van der Waals surface area (Å²) in [7, 11) is 0. The first-order valence-electron chi connectivity index (χ1n) is 8.41. The van der Waals surface area contributed by atoms with Gasteiger partial charge in [0.25, 0.3) is 0 Å². The van der Waals surface area contributed by atoms with Crippen LogP contribution in [0.4, 0.5) is 20.2 Å². The number of rotatable bonds is 3. The molecule has 0 bridgehead atoms. The molecule has 1 fully saturated rings. The maximum Gasteiger partial charge on any atom is 0.229 e. The normalized spacial score (nSPS) is 16.9. The number of hydrogen-bond acceptors (Lipinski definition) is 2. The van der Waals surface area contributed by atoms with Crippen LogP contribution in [0, 0.1) is 38.3 Å². The number of nitrogens with zero attached hydrogens (tertiary/aromatic N) is 1. The molecular formula is C20H20F2N2O2. The molecule has 2 aromatic carbocycles. The molecule has 1 aliphatic rings. The van der Waals surface area contributed by atoms with E-state index in [4.69, 9.17) is 0 Å². The Bertz CT molecular complexity index is 852. The average Bonchev–Trinajstić information content (AvgIpc) is 2.92. The molecule has 1 aliphatic heterocycles. The summed E-state index contributed by atoms with van der Waals surface area (Å²) in [5.74, 6) is -3.09. The third kappa shape index (κ3) is 3.31. The Morgan fingerprint density at radius 3 is 2.27 bits per heavy atom. The molecule has 0 radical (unpaired) electrons. The monoisotopic (exact) mass is 358 g/mol. The van der Waals surface area contributed by atoms with E-state index in [1.54, 1.807) is 4.90 Å². The largest absolute Gasteiger partial charge is 0.321 e. The maximum atomic E-state index is 13.7. The van der Waals surface area contributed by atoms with Gasteiger partial charge in [0.2, 0.25) is 11.8 Å². The van der Waals surface area contributed by atoms with Crippen LogP contribution in [0.3, 0.4) is 0 Å². The van der Waals surface area contributed by atoms with Gasteiger partial charge in [0.15, 0.2) is 0 Å². The summed E-state index contributed by atoms with van der Waals surface area (Å²) in [4.78, 5) is 26.5. The summed E-state index contributed by atoms with van der Waals surface area (Å²) in [6.07, 6.45) is 0.00859. The minimum absolute atomic E-state index is 0.00859. The summed E-state index contributed by atoms with van der Waals surface area (Å²) >= 11 is 0. The zero-order valence-corrected chi connectivity index (χ0v) is 14.9. The van der Waals surface area contributed by atoms with E-state index in [2.05, 4.69) is 5.32 Å². The van der Waals surface area contributed by atoms with Crippen LogP contribution in [0.5, 0.6) is 0 Å². The second-order valence-electron chi connectivity index (χ2n) is 6.74. The molecule has 2 amide bonds. The van der Waals surface area contributed by atoms with E-state index in [-0.39, 0.29) is 18.9 Å². The van der Waals surface area contributed by atoms with Crippen molar-refractivity contribution in [3.8, 4) is 0 Å². The van der Waals surface area contributed by atoms with Crippen LogP contribution in [0.25, 0.3) is 0 Å². The van der Waals surface area contributed by atoms with E-state index in [0.717, 1.165) is 34.5 Å². The molecule has 4 nitrogen and oxygen atoms in total. The Labute approximate surface area is 150 Å². The third-order valence-electron chi connectivity index (χ3n) is 4.61. The fraction of sp³-hybridized carbons (Fsp3) is 0.300. The van der Waals surface area contributed by atoms with Crippen LogP contribution >= 0.6 is 0 Å². The van der Waals surface area contributed by atoms with Gasteiger partial charge >= 0.3 is 0 Å². The van der Waals surface area contributed by atoms with Crippen LogP contribution in [-0.2, 0) is 9.59 Å². The fourth-order valence-corrected chi connectivity index (χ4v) is 3.54. The second-order valence-corrected chi connectivity index (χ2v) is 6.74. The molecule has 136 valence electrons. The first-order chi connectivity index (χ1) is 12.3. The lowest BCUT2D eigenvalue weighted by Crippen LogP contribution is -2.29. The number of hydrogen-bond donors (Lipinski definition) is 1. The van der Waals surface area contributed by atoms with E-state index in [9.17, 15) is 18.4 Å². The van der Waals surface area contributed by atoms with Crippen LogP contribution in [0.1, 0.15) is 23.1 Å². The highest BCUT2D eigenvalue weighted by molar-refractivity contribution is 6.04. The van der Waals surface area contributed by atoms with Crippen molar-refractivity contribution in [3.63, 3.8) is 0 Å². The van der Waals surface area contributed by atoms with Crippen molar-refractivity contribution in [2.24, 2.45) is 5.92 Å². The minimum Gasteiger partial charge on any atom is -0.321 e. The maximum absolute atomic E-state index is 13.7. The molecule has 0 spiro atoms. The number of para-hydroxylation sites is 1. The van der Waals surface area contributed by atoms with Crippen LogP contribution in [0.2, 0.25) is 0 Å². The lowest BCUT2D eigenvalue weighted by atomic mass is 10.0. The first-order valence-corrected chi connectivity index (χ1v) is 8.41. The molecule has 6 heteroatoms. The predicted octanol–water partition coefficient (Wildman–Crippen LogP) is 3.88. The van der Waals surface area contributed by atoms with Crippen LogP contribution in [0.15, 0.2) is 30.3 Å². The van der Waals surface area contributed by atoms with Gasteiger partial charge in [-0.1, -0.05) is 23.8 Å². The van der Waals surface area contributed by atoms with Crippen LogP contribution in [-0.4, -0.2) is 18.4 Å². The van der Waals surface area contributed by atoms with Gasteiger partial charge in [-0.2, -0.15) is 0 Å². The Balaban J connectivity index is 1.81. The van der Waals surface area contributed by atoms with Gasteiger partial charge in [0.1, 0.15) is 17.3 Å². The van der Waals surface area contributed by atoms with Crippen molar-refractivity contribution in [1.29, 1.82) is 0 Å². The lowest BCUT2D eigenvalue weighted by molar-refractivity contribution is -0.122. The molecule has 1 saturated heterocycles. The van der Waals surface area contributed by atoms with Gasteiger partial charge in [0.05, 0.1) is 5.92 Å². The number of amides is 2. The molecule has 0 saturated carbocycles. The smallest absolute Gasteiger partial charge is 0.229 e. The Hall–Kier alpha value is -2.76. The van der Waals surface area contributed by atoms with E-state index in [1.807, 2.05) is 32.9 Å². The Morgan fingerprint density at radius 2 is 1.69 bits per heavy atom. The Morgan fingerprint density at radius 1 is 1.12 bits per heavy atom. The molecule has 0 aliphatic carbocycles. The topological polar surface area (TPSA) is 49.4 Å². The van der Waals surface area contributed by atoms with Crippen molar-refractivity contribution < 1.29 is 18.4 Å². The summed E-state index contributed by atoms with van der Waals surface area (Å²) < 4.78 is 27.5. The summed E-state index contributed by atoms with van der Waals surface area (Å²) in [5, 5.41) is 2.28. The van der Waals surface area contributed by atoms with E-state index >= 15 is 0 Å². The number of nitrogens with one attached hydrogen (secondary N) is 1. The lowest BCUT2D eigenvalue weighted by Gasteiger charge is -2.22. The second kappa shape index (κ2) is 6.86. The van der Waals surface area contributed by atoms with Crippen molar-refractivity contribution in [2.45, 2.75) is 27.2 Å². The molecule has 0 aromatic heterocycles. The number of carbonyl (C=O) groups excluding carboxylic acids is 2. The van der Waals surface area contributed by atoms with Gasteiger partial charge in [-0.3, -0.25) is 9.59 Å². The number of halogens is 2. The summed E-state index contributed by atoms with van der Waals surface area (Å²) in [6.45, 7) is 6.01. The molecule has 3 rings (SSSR count). The highest BCUT2D eigenvalue weighted by Crippen LogP contribution is 2.32. The fourth-order valence-electron chi connectivity index (χ4n) is 3.54. The summed E-state index contributed by atoms with van der Waals surface area (Å²) in [5.41, 5.74) is 3.33. The van der Waals surface area contributed by atoms with Gasteiger partial charge in [0, 0.05) is 18.7 Å². The van der Waals surface area contributed by atoms with Crippen molar-refractivity contribution in [2.75, 3.05) is 16.8 Å². The van der Waals surface area contributed by atoms with Gasteiger partial charge in [-0.05, 0) is 44.0 Å². The van der Waals surface area contributed by atoms with Crippen molar-refractivity contribution in [3.05, 3.63) is 58.7 Å². The van der Waals surface area contributed by atoms with E-state index in [0.29, 0.717) is 0 Å². The van der Waals surface area contributed by atoms with Crippen LogP contribution < -0.4 is 10.2 Å². The zero-order chi connectivity index (χ0) is 19.0. The number of anilines is 2. The van der Waals surface area contributed by atoms with E-state index < -0.39 is 29.1 Å². The zero-order valence-electron chi connectivity index (χ0n) is 14.9. The highest BCUT2D eigenvalue weighted by Gasteiger charge is 2.36. The average molecular weight is 358 g/mol. The molecule has 2 aromatic rings. The highest BCUT2D eigenvalue weighted by atomic mass is 19.1. The molecule has 1 atom stereocenters. The quantitative estimate of drug-likeness (QED) is 0.905. The van der Waals surface area contributed by atoms with Crippen molar-refractivity contribution >= 4 is 23.2 Å². The molecule has 1 heterocycles. The SMILES string of the molecule is Cc1cc(C)c(N2CC(C(=O)Nc3c(F)cccc3F)CC2=O)c(C)c1. The Kier molecular flexibility index (Phi) is 4.76. The van der Waals surface area contributed by atoms with Gasteiger partial charge in [-0.15, -0.1) is 0 Å². The van der Waals surface area contributed by atoms with Gasteiger partial charge < -0.3 is 10.2 Å². The molecule has 1 N–H and O–H groups in total. The van der Waals surface area contributed by atoms with E-state index in [1.165, 1.54) is 6.07 Å². The number of aryl methyl sites for hydroxylation is 3. The predicted molar refractivity (Wildman–Crippen MR) is 96.1 cm³/mol. The van der Waals surface area contributed by atoms with Crippen molar-refractivity contribution in [1.82, 2.24) is 0 Å². The number of benzene rings is 2. The molecule has 1 unspecified atom stereocenters. The number of carbonyl (C=O) groups is 2. The third-order valence-corrected chi connectivity index (χ3v) is 4.61. The molecule has 26 heavy (non-hydrogen) atoms. The first kappa shape index (κ1) is 18.0. The molecular weight excluding hydrogens is 338 g/mol. The standard InChI is InChI=1S/C20H20F2N2O2/c1-11-7-12(2)19(13(3)8-11)24-10-14(9-17(24)25)20(26)23-18-15(21)5-4-6-16(18)22/h4-8,14H,9-10H2,1-3H3,(H,23,26).